The van der Waals surface area contributed by atoms with E-state index in [4.69, 9.17) is 9.15 Å². The second kappa shape index (κ2) is 14.4. The summed E-state index contributed by atoms with van der Waals surface area (Å²) in [5, 5.41) is 13.7. The Balaban J connectivity index is 0.00000392. The summed E-state index contributed by atoms with van der Waals surface area (Å²) < 4.78 is 10.4. The number of methoxy groups -OCH3 is 1. The van der Waals surface area contributed by atoms with Gasteiger partial charge in [0.15, 0.2) is 11.7 Å². The van der Waals surface area contributed by atoms with Crippen molar-refractivity contribution >= 4 is 29.9 Å². The number of likely N-dealkylation sites (N-methyl/N-ethyl adjacent to an activating group) is 1. The van der Waals surface area contributed by atoms with Gasteiger partial charge in [0, 0.05) is 46.3 Å². The molecule has 0 spiro atoms. The van der Waals surface area contributed by atoms with Gasteiger partial charge in [-0.3, -0.25) is 10.1 Å². The lowest BCUT2D eigenvalue weighted by Crippen LogP contribution is -2.39. The molecule has 0 amide bonds. The van der Waals surface area contributed by atoms with Crippen LogP contribution in [0.4, 0.5) is 0 Å². The SMILES string of the molecule is CCNC(=NCCN(C)CCCOC)NCCc1nc(-c2ccco2)n[nH]1.I. The van der Waals surface area contributed by atoms with Crippen molar-refractivity contribution in [1.82, 2.24) is 30.7 Å². The maximum absolute atomic E-state index is 5.30. The van der Waals surface area contributed by atoms with E-state index in [0.717, 1.165) is 57.4 Å². The fourth-order valence-electron chi connectivity index (χ4n) is 2.49. The van der Waals surface area contributed by atoms with Crippen molar-refractivity contribution in [2.45, 2.75) is 19.8 Å². The first-order valence-electron chi connectivity index (χ1n) is 9.37. The summed E-state index contributed by atoms with van der Waals surface area (Å²) >= 11 is 0. The Morgan fingerprint density at radius 3 is 2.93 bits per heavy atom. The first-order valence-corrected chi connectivity index (χ1v) is 9.37. The van der Waals surface area contributed by atoms with Crippen molar-refractivity contribution in [3.63, 3.8) is 0 Å². The van der Waals surface area contributed by atoms with Gasteiger partial charge < -0.3 is 24.7 Å². The van der Waals surface area contributed by atoms with E-state index in [1.54, 1.807) is 13.4 Å². The molecule has 0 radical (unpaired) electrons. The summed E-state index contributed by atoms with van der Waals surface area (Å²) in [7, 11) is 3.83. The second-order valence-electron chi connectivity index (χ2n) is 6.17. The average molecular weight is 505 g/mol. The predicted molar refractivity (Wildman–Crippen MR) is 121 cm³/mol. The van der Waals surface area contributed by atoms with E-state index in [0.29, 0.717) is 18.1 Å². The molecule has 0 bridgehead atoms. The molecule has 2 rings (SSSR count). The number of guanidine groups is 1. The molecule has 0 aliphatic rings. The largest absolute Gasteiger partial charge is 0.461 e. The third kappa shape index (κ3) is 9.02. The highest BCUT2D eigenvalue weighted by atomic mass is 127. The van der Waals surface area contributed by atoms with Crippen LogP contribution < -0.4 is 10.6 Å². The Morgan fingerprint density at radius 1 is 1.36 bits per heavy atom. The fourth-order valence-corrected chi connectivity index (χ4v) is 2.49. The minimum absolute atomic E-state index is 0. The molecular weight excluding hydrogens is 473 g/mol. The van der Waals surface area contributed by atoms with E-state index in [1.807, 2.05) is 12.1 Å². The topological polar surface area (TPSA) is 104 Å². The highest BCUT2D eigenvalue weighted by Crippen LogP contribution is 2.14. The van der Waals surface area contributed by atoms with Gasteiger partial charge in [-0.1, -0.05) is 0 Å². The van der Waals surface area contributed by atoms with E-state index in [9.17, 15) is 0 Å². The van der Waals surface area contributed by atoms with Crippen LogP contribution in [-0.2, 0) is 11.2 Å². The molecule has 0 saturated heterocycles. The first kappa shape index (κ1) is 24.4. The number of hydrogen-bond donors (Lipinski definition) is 3. The number of furan rings is 1. The maximum Gasteiger partial charge on any atom is 0.216 e. The summed E-state index contributed by atoms with van der Waals surface area (Å²) in [6, 6.07) is 3.66. The van der Waals surface area contributed by atoms with Gasteiger partial charge in [0.05, 0.1) is 12.8 Å². The summed E-state index contributed by atoms with van der Waals surface area (Å²) in [6.07, 6.45) is 3.36. The predicted octanol–water partition coefficient (Wildman–Crippen LogP) is 1.75. The molecule has 0 aliphatic carbocycles. The average Bonchev–Trinajstić information content (AvgIpc) is 3.33. The molecule has 0 atom stereocenters. The number of nitrogens with one attached hydrogen (secondary N) is 3. The highest BCUT2D eigenvalue weighted by molar-refractivity contribution is 14.0. The Bertz CT molecular complexity index is 661. The van der Waals surface area contributed by atoms with Gasteiger partial charge in [0.25, 0.3) is 0 Å². The molecule has 0 saturated carbocycles. The summed E-state index contributed by atoms with van der Waals surface area (Å²) in [4.78, 5) is 11.3. The van der Waals surface area contributed by atoms with Gasteiger partial charge >= 0.3 is 0 Å². The van der Waals surface area contributed by atoms with E-state index in [1.165, 1.54) is 0 Å². The summed E-state index contributed by atoms with van der Waals surface area (Å²) in [5.41, 5.74) is 0. The zero-order chi connectivity index (χ0) is 19.3. The van der Waals surface area contributed by atoms with Crippen LogP contribution >= 0.6 is 24.0 Å². The van der Waals surface area contributed by atoms with Gasteiger partial charge in [-0.15, -0.1) is 24.0 Å². The Kier molecular flexibility index (Phi) is 12.5. The van der Waals surface area contributed by atoms with Crippen LogP contribution in [0.5, 0.6) is 0 Å². The lowest BCUT2D eigenvalue weighted by atomic mass is 10.4. The van der Waals surface area contributed by atoms with Gasteiger partial charge in [-0.05, 0) is 32.5 Å². The molecule has 2 heterocycles. The molecule has 3 N–H and O–H groups in total. The molecule has 10 heteroatoms. The second-order valence-corrected chi connectivity index (χ2v) is 6.17. The number of aromatic amines is 1. The quantitative estimate of drug-likeness (QED) is 0.175. The van der Waals surface area contributed by atoms with Gasteiger partial charge in [-0.25, -0.2) is 4.98 Å². The normalized spacial score (nSPS) is 11.5. The third-order valence-corrected chi connectivity index (χ3v) is 3.91. The molecule has 0 aromatic carbocycles. The highest BCUT2D eigenvalue weighted by Gasteiger charge is 2.08. The van der Waals surface area contributed by atoms with E-state index < -0.39 is 0 Å². The van der Waals surface area contributed by atoms with Crippen LogP contribution in [0.2, 0.25) is 0 Å². The molecule has 2 aromatic heterocycles. The van der Waals surface area contributed by atoms with Crippen molar-refractivity contribution in [2.24, 2.45) is 4.99 Å². The van der Waals surface area contributed by atoms with Gasteiger partial charge in [0.1, 0.15) is 5.82 Å². The Labute approximate surface area is 183 Å². The number of aliphatic imine (C=N–C) groups is 1. The fraction of sp³-hybridized carbons (Fsp3) is 0.611. The number of aromatic nitrogens is 3. The molecular formula is C18H32IN7O2. The van der Waals surface area contributed by atoms with E-state index in [2.05, 4.69) is 49.7 Å². The van der Waals surface area contributed by atoms with Crippen molar-refractivity contribution in [3.8, 4) is 11.6 Å². The van der Waals surface area contributed by atoms with Crippen molar-refractivity contribution in [2.75, 3.05) is 53.5 Å². The molecule has 28 heavy (non-hydrogen) atoms. The summed E-state index contributed by atoms with van der Waals surface area (Å²) in [5.74, 6) is 2.86. The van der Waals surface area contributed by atoms with E-state index in [-0.39, 0.29) is 24.0 Å². The van der Waals surface area contributed by atoms with Crippen LogP contribution in [0, 0.1) is 0 Å². The maximum atomic E-state index is 5.30. The molecule has 0 unspecified atom stereocenters. The number of halogens is 1. The lowest BCUT2D eigenvalue weighted by molar-refractivity contribution is 0.180. The number of H-pyrrole nitrogens is 1. The van der Waals surface area contributed by atoms with Crippen molar-refractivity contribution in [1.29, 1.82) is 0 Å². The van der Waals surface area contributed by atoms with Crippen molar-refractivity contribution < 1.29 is 9.15 Å². The number of rotatable bonds is 12. The number of hydrogen-bond acceptors (Lipinski definition) is 6. The van der Waals surface area contributed by atoms with Crippen LogP contribution in [0.15, 0.2) is 27.8 Å². The molecule has 2 aromatic rings. The monoisotopic (exact) mass is 505 g/mol. The standard InChI is InChI=1S/C18H31N7O2.HI/c1-4-19-18(21-10-12-25(2)11-6-13-26-3)20-9-8-16-22-17(24-23-16)15-7-5-14-27-15;/h5,7,14H,4,6,8-13H2,1-3H3,(H2,19,20,21)(H,22,23,24);1H. The minimum atomic E-state index is 0. The molecule has 9 nitrogen and oxygen atoms in total. The van der Waals surface area contributed by atoms with Crippen LogP contribution in [0.1, 0.15) is 19.2 Å². The zero-order valence-corrected chi connectivity index (χ0v) is 19.2. The van der Waals surface area contributed by atoms with Crippen LogP contribution in [0.3, 0.4) is 0 Å². The smallest absolute Gasteiger partial charge is 0.216 e. The number of nitrogens with zero attached hydrogens (tertiary/aromatic N) is 4. The Morgan fingerprint density at radius 2 is 2.21 bits per heavy atom. The first-order chi connectivity index (χ1) is 13.2. The van der Waals surface area contributed by atoms with E-state index >= 15 is 0 Å². The van der Waals surface area contributed by atoms with Gasteiger partial charge in [0.2, 0.25) is 5.82 Å². The minimum Gasteiger partial charge on any atom is -0.461 e. The third-order valence-electron chi connectivity index (χ3n) is 3.91. The molecule has 0 aliphatic heterocycles. The van der Waals surface area contributed by atoms with Crippen LogP contribution in [0.25, 0.3) is 11.6 Å². The summed E-state index contributed by atoms with van der Waals surface area (Å²) in [6.45, 7) is 7.04. The van der Waals surface area contributed by atoms with Crippen LogP contribution in [-0.4, -0.2) is 79.5 Å². The lowest BCUT2D eigenvalue weighted by Gasteiger charge is -2.16. The Hall–Kier alpha value is -1.66. The van der Waals surface area contributed by atoms with Crippen molar-refractivity contribution in [3.05, 3.63) is 24.2 Å². The zero-order valence-electron chi connectivity index (χ0n) is 16.9. The molecule has 158 valence electrons. The van der Waals surface area contributed by atoms with Gasteiger partial charge in [-0.2, -0.15) is 5.10 Å². The number of ether oxygens (including phenoxy) is 1. The molecule has 0 fully saturated rings.